The van der Waals surface area contributed by atoms with Crippen LogP contribution in [0.1, 0.15) is 59.8 Å². The highest BCUT2D eigenvalue weighted by Gasteiger charge is 2.31. The van der Waals surface area contributed by atoms with Crippen LogP contribution < -0.4 is 0 Å². The number of phosphoric acid groups is 2. The van der Waals surface area contributed by atoms with Crippen LogP contribution in [0.4, 0.5) is 0 Å². The molecule has 0 spiro atoms. The molecule has 0 aliphatic carbocycles. The maximum absolute atomic E-state index is 11.2. The van der Waals surface area contributed by atoms with Gasteiger partial charge < -0.3 is 14.7 Å². The van der Waals surface area contributed by atoms with Gasteiger partial charge in [-0.25, -0.2) is 9.13 Å². The summed E-state index contributed by atoms with van der Waals surface area (Å²) in [5, 5.41) is 0. The Hall–Kier alpha value is -0.520. The standard InChI is InChI=1S/C16H30O7P2/c1-14(2)8-5-9-15(3)10-6-11-16(4)12-7-13-22-25(20,21)23-24(17,18)19/h8,10,12H,5-7,9,11,13H2,1-4H3,(H,20,21)(H2,17,18,19)/b15-10+,16-12+. The Morgan fingerprint density at radius 3 is 1.80 bits per heavy atom. The second-order valence-corrected chi connectivity index (χ2v) is 8.95. The van der Waals surface area contributed by atoms with E-state index in [0.717, 1.165) is 31.3 Å². The molecule has 3 N–H and O–H groups in total. The quantitative estimate of drug-likeness (QED) is 0.241. The van der Waals surface area contributed by atoms with Crippen molar-refractivity contribution in [3.63, 3.8) is 0 Å². The topological polar surface area (TPSA) is 113 Å². The minimum absolute atomic E-state index is 0.164. The van der Waals surface area contributed by atoms with Gasteiger partial charge in [0.1, 0.15) is 0 Å². The zero-order valence-electron chi connectivity index (χ0n) is 15.3. The van der Waals surface area contributed by atoms with Gasteiger partial charge in [-0.3, -0.25) is 4.52 Å². The summed E-state index contributed by atoms with van der Waals surface area (Å²) in [5.74, 6) is 0. The second kappa shape index (κ2) is 12.0. The fourth-order valence-electron chi connectivity index (χ4n) is 1.97. The number of hydrogen-bond donors (Lipinski definition) is 3. The molecule has 0 heterocycles. The van der Waals surface area contributed by atoms with Crippen molar-refractivity contribution in [1.82, 2.24) is 0 Å². The zero-order valence-corrected chi connectivity index (χ0v) is 17.1. The Kier molecular flexibility index (Phi) is 11.7. The van der Waals surface area contributed by atoms with E-state index in [1.54, 1.807) is 0 Å². The Bertz CT molecular complexity index is 583. The summed E-state index contributed by atoms with van der Waals surface area (Å²) in [4.78, 5) is 26.1. The lowest BCUT2D eigenvalue weighted by Crippen LogP contribution is -1.95. The lowest BCUT2D eigenvalue weighted by molar-refractivity contribution is 0.180. The lowest BCUT2D eigenvalue weighted by Gasteiger charge is -2.11. The molecule has 0 aromatic carbocycles. The number of phosphoric ester groups is 1. The van der Waals surface area contributed by atoms with Crippen LogP contribution in [0, 0.1) is 0 Å². The summed E-state index contributed by atoms with van der Waals surface area (Å²) in [6, 6.07) is 0. The molecule has 0 saturated heterocycles. The van der Waals surface area contributed by atoms with Crippen molar-refractivity contribution in [2.45, 2.75) is 59.8 Å². The van der Waals surface area contributed by atoms with Gasteiger partial charge in [0.2, 0.25) is 0 Å². The Balaban J connectivity index is 4.08. The van der Waals surface area contributed by atoms with Crippen molar-refractivity contribution < 1.29 is 32.6 Å². The van der Waals surface area contributed by atoms with Crippen LogP contribution in [0.3, 0.4) is 0 Å². The highest BCUT2D eigenvalue weighted by Crippen LogP contribution is 2.57. The molecule has 1 atom stereocenters. The molecule has 0 rings (SSSR count). The van der Waals surface area contributed by atoms with E-state index < -0.39 is 15.6 Å². The van der Waals surface area contributed by atoms with Crippen molar-refractivity contribution >= 4 is 15.6 Å². The summed E-state index contributed by atoms with van der Waals surface area (Å²) in [5.41, 5.74) is 3.79. The van der Waals surface area contributed by atoms with Gasteiger partial charge in [0.25, 0.3) is 0 Å². The van der Waals surface area contributed by atoms with E-state index in [1.807, 2.05) is 13.0 Å². The Labute approximate surface area is 150 Å². The molecule has 7 nitrogen and oxygen atoms in total. The first-order valence-corrected chi connectivity index (χ1v) is 11.1. The summed E-state index contributed by atoms with van der Waals surface area (Å²) >= 11 is 0. The fourth-order valence-corrected chi connectivity index (χ4v) is 3.57. The van der Waals surface area contributed by atoms with Crippen LogP contribution in [0.2, 0.25) is 0 Å². The molecule has 0 fully saturated rings. The van der Waals surface area contributed by atoms with E-state index in [9.17, 15) is 9.13 Å². The van der Waals surface area contributed by atoms with Crippen LogP contribution in [0.5, 0.6) is 0 Å². The molecule has 9 heteroatoms. The average molecular weight is 396 g/mol. The van der Waals surface area contributed by atoms with Gasteiger partial charge in [-0.15, -0.1) is 0 Å². The first kappa shape index (κ1) is 24.5. The summed E-state index contributed by atoms with van der Waals surface area (Å²) in [6.45, 7) is 8.08. The van der Waals surface area contributed by atoms with Crippen molar-refractivity contribution in [3.8, 4) is 0 Å². The predicted molar refractivity (Wildman–Crippen MR) is 98.9 cm³/mol. The summed E-state index contributed by atoms with van der Waals surface area (Å²) < 4.78 is 29.9. The number of hydrogen-bond acceptors (Lipinski definition) is 4. The van der Waals surface area contributed by atoms with Gasteiger partial charge in [0.15, 0.2) is 0 Å². The smallest absolute Gasteiger partial charge is 0.302 e. The van der Waals surface area contributed by atoms with Crippen molar-refractivity contribution in [3.05, 3.63) is 34.9 Å². The van der Waals surface area contributed by atoms with E-state index in [4.69, 9.17) is 14.7 Å². The summed E-state index contributed by atoms with van der Waals surface area (Å²) in [6.07, 6.45) is 10.5. The third kappa shape index (κ3) is 16.7. The second-order valence-electron chi connectivity index (χ2n) is 6.12. The lowest BCUT2D eigenvalue weighted by atomic mass is 10.1. The molecule has 0 aromatic rings. The monoisotopic (exact) mass is 396 g/mol. The van der Waals surface area contributed by atoms with Crippen molar-refractivity contribution in [1.29, 1.82) is 0 Å². The van der Waals surface area contributed by atoms with Crippen LogP contribution in [-0.2, 0) is 18.0 Å². The average Bonchev–Trinajstić information content (AvgIpc) is 2.40. The zero-order chi connectivity index (χ0) is 19.5. The maximum atomic E-state index is 11.2. The van der Waals surface area contributed by atoms with Gasteiger partial charge in [-0.05, 0) is 59.8 Å². The van der Waals surface area contributed by atoms with E-state index >= 15 is 0 Å². The van der Waals surface area contributed by atoms with Gasteiger partial charge >= 0.3 is 15.6 Å². The molecule has 0 aromatic heterocycles. The van der Waals surface area contributed by atoms with E-state index in [1.165, 1.54) is 11.1 Å². The van der Waals surface area contributed by atoms with E-state index in [0.29, 0.717) is 6.42 Å². The SMILES string of the molecule is CC(C)=CCC/C(C)=C/CC/C(C)=C/CCOP(=O)(O)OP(=O)(O)O. The highest BCUT2D eigenvalue weighted by molar-refractivity contribution is 7.60. The molecule has 0 aliphatic rings. The number of rotatable bonds is 12. The van der Waals surface area contributed by atoms with Crippen molar-refractivity contribution in [2.75, 3.05) is 6.61 Å². The van der Waals surface area contributed by atoms with Gasteiger partial charge in [0, 0.05) is 0 Å². The molecule has 0 radical (unpaired) electrons. The molecule has 0 saturated carbocycles. The third-order valence-corrected chi connectivity index (χ3v) is 5.38. The highest BCUT2D eigenvalue weighted by atomic mass is 31.3. The van der Waals surface area contributed by atoms with Gasteiger partial charge in [-0.2, -0.15) is 4.31 Å². The normalized spacial score (nSPS) is 15.8. The van der Waals surface area contributed by atoms with Crippen molar-refractivity contribution in [2.24, 2.45) is 0 Å². The van der Waals surface area contributed by atoms with E-state index in [-0.39, 0.29) is 6.61 Å². The van der Waals surface area contributed by atoms with E-state index in [2.05, 4.69) is 41.8 Å². The van der Waals surface area contributed by atoms with Crippen LogP contribution in [-0.4, -0.2) is 21.3 Å². The first-order valence-electron chi connectivity index (χ1n) is 8.10. The molecule has 0 amide bonds. The van der Waals surface area contributed by atoms with Crippen LogP contribution in [0.15, 0.2) is 34.9 Å². The van der Waals surface area contributed by atoms with Gasteiger partial charge in [0.05, 0.1) is 6.61 Å². The minimum Gasteiger partial charge on any atom is -0.302 e. The molecule has 25 heavy (non-hydrogen) atoms. The molecule has 0 bridgehead atoms. The molecular formula is C16H30O7P2. The summed E-state index contributed by atoms with van der Waals surface area (Å²) in [7, 11) is -9.79. The minimum atomic E-state index is -5.06. The molecule has 1 unspecified atom stereocenters. The van der Waals surface area contributed by atoms with Crippen LogP contribution >= 0.6 is 15.6 Å². The van der Waals surface area contributed by atoms with Crippen LogP contribution in [0.25, 0.3) is 0 Å². The Morgan fingerprint density at radius 1 is 0.840 bits per heavy atom. The largest absolute Gasteiger partial charge is 0.481 e. The molecule has 0 aliphatic heterocycles. The van der Waals surface area contributed by atoms with Gasteiger partial charge in [-0.1, -0.05) is 34.9 Å². The first-order chi connectivity index (χ1) is 11.4. The molecular weight excluding hydrogens is 366 g/mol. The third-order valence-electron chi connectivity index (χ3n) is 3.20. The predicted octanol–water partition coefficient (Wildman–Crippen LogP) is 5.02. The Morgan fingerprint density at radius 2 is 1.32 bits per heavy atom. The maximum Gasteiger partial charge on any atom is 0.481 e. The fraction of sp³-hybridized carbons (Fsp3) is 0.625. The molecule has 146 valence electrons. The number of allylic oxidation sites excluding steroid dienone is 5.